The van der Waals surface area contributed by atoms with Crippen LogP contribution in [0.1, 0.15) is 23.6 Å². The molecule has 2 amide bonds. The number of hydrogen-bond donors (Lipinski definition) is 0. The molecule has 1 aliphatic heterocycles. The Morgan fingerprint density at radius 2 is 1.47 bits per heavy atom. The summed E-state index contributed by atoms with van der Waals surface area (Å²) in [6.07, 6.45) is 4.01. The maximum absolute atomic E-state index is 13.9. The molecule has 0 aliphatic carbocycles. The second kappa shape index (κ2) is 13.8. The van der Waals surface area contributed by atoms with Gasteiger partial charge in [-0.05, 0) is 84.7 Å². The van der Waals surface area contributed by atoms with Gasteiger partial charge in [-0.2, -0.15) is 10.4 Å². The molecule has 0 radical (unpaired) electrons. The molecule has 0 bridgehead atoms. The molecule has 1 aliphatic rings. The van der Waals surface area contributed by atoms with E-state index in [9.17, 15) is 14.9 Å². The van der Waals surface area contributed by atoms with Crippen molar-refractivity contribution in [2.45, 2.75) is 20.0 Å². The Morgan fingerprint density at radius 1 is 0.809 bits per heavy atom. The fraction of sp³-hybridized carbons (Fsp3) is 0.128. The van der Waals surface area contributed by atoms with Crippen LogP contribution in [0.2, 0.25) is 0 Å². The zero-order valence-electron chi connectivity index (χ0n) is 26.1. The minimum Gasteiger partial charge on any atom is -0.497 e. The number of methoxy groups -OCH3 is 1. The zero-order chi connectivity index (χ0) is 32.8. The van der Waals surface area contributed by atoms with E-state index < -0.39 is 11.8 Å². The molecule has 0 saturated carbocycles. The van der Waals surface area contributed by atoms with Crippen LogP contribution in [-0.4, -0.2) is 40.1 Å². The maximum Gasteiger partial charge on any atom is 0.271 e. The van der Waals surface area contributed by atoms with E-state index in [1.165, 1.54) is 0 Å². The summed E-state index contributed by atoms with van der Waals surface area (Å²) >= 11 is 0. The van der Waals surface area contributed by atoms with Gasteiger partial charge in [-0.25, -0.2) is 4.68 Å². The Bertz CT molecular complexity index is 2000. The Hall–Kier alpha value is -6.20. The summed E-state index contributed by atoms with van der Waals surface area (Å²) in [5, 5.41) is 14.9. The number of nitrogens with zero attached hydrogens (tertiary/aromatic N) is 4. The summed E-state index contributed by atoms with van der Waals surface area (Å²) in [6.45, 7) is 2.21. The number of imide groups is 1. The molecule has 0 atom stereocenters. The first kappa shape index (κ1) is 30.8. The number of carbonyl (C=O) groups excluding carboxylic acids is 2. The van der Waals surface area contributed by atoms with E-state index in [4.69, 9.17) is 14.6 Å². The minimum atomic E-state index is -0.591. The smallest absolute Gasteiger partial charge is 0.271 e. The van der Waals surface area contributed by atoms with Crippen molar-refractivity contribution in [3.8, 4) is 34.5 Å². The van der Waals surface area contributed by atoms with Gasteiger partial charge in [-0.15, -0.1) is 0 Å². The highest BCUT2D eigenvalue weighted by Crippen LogP contribution is 2.32. The highest BCUT2D eigenvalue weighted by atomic mass is 16.5. The van der Waals surface area contributed by atoms with Gasteiger partial charge < -0.3 is 9.47 Å². The minimum absolute atomic E-state index is 0.0532. The largest absolute Gasteiger partial charge is 0.497 e. The molecule has 4 aromatic carbocycles. The standard InChI is InChI=1S/C39H32N4O4/c1-27-35(38(44)42(39(45)36(27)24-40)22-21-28-13-17-33(46-2)18-14-28)23-31-25-43(32-11-7-4-8-12-32)41-37(31)30-15-19-34(20-16-30)47-26-29-9-5-3-6-10-29/h3-20,23,25H,21-22,26H2,1-2H3/b35-23+. The van der Waals surface area contributed by atoms with Crippen LogP contribution in [0.15, 0.2) is 132 Å². The lowest BCUT2D eigenvalue weighted by atomic mass is 9.93. The van der Waals surface area contributed by atoms with E-state index in [1.54, 1.807) is 24.8 Å². The zero-order valence-corrected chi connectivity index (χ0v) is 26.1. The van der Waals surface area contributed by atoms with Crippen LogP contribution in [0.5, 0.6) is 11.5 Å². The van der Waals surface area contributed by atoms with Crippen molar-refractivity contribution in [3.05, 3.63) is 149 Å². The normalized spacial score (nSPS) is 14.0. The maximum atomic E-state index is 13.9. The van der Waals surface area contributed by atoms with Crippen molar-refractivity contribution in [1.29, 1.82) is 5.26 Å². The van der Waals surface area contributed by atoms with Gasteiger partial charge in [0.15, 0.2) is 0 Å². The topological polar surface area (TPSA) is 97.5 Å². The van der Waals surface area contributed by atoms with Gasteiger partial charge in [0.05, 0.1) is 18.5 Å². The molecule has 0 N–H and O–H groups in total. The molecule has 8 heteroatoms. The molecule has 5 aromatic rings. The van der Waals surface area contributed by atoms with Crippen LogP contribution < -0.4 is 9.47 Å². The quantitative estimate of drug-likeness (QED) is 0.124. The molecule has 8 nitrogen and oxygen atoms in total. The third-order valence-corrected chi connectivity index (χ3v) is 8.05. The molecule has 1 aromatic heterocycles. The second-order valence-electron chi connectivity index (χ2n) is 11.0. The summed E-state index contributed by atoms with van der Waals surface area (Å²) in [5.41, 5.74) is 5.52. The Labute approximate surface area is 273 Å². The molecule has 47 heavy (non-hydrogen) atoms. The molecule has 0 spiro atoms. The van der Waals surface area contributed by atoms with Crippen LogP contribution in [0, 0.1) is 11.3 Å². The molecule has 6 rings (SSSR count). The first-order chi connectivity index (χ1) is 22.9. The van der Waals surface area contributed by atoms with E-state index in [-0.39, 0.29) is 17.7 Å². The molecule has 0 saturated heterocycles. The lowest BCUT2D eigenvalue weighted by molar-refractivity contribution is -0.140. The van der Waals surface area contributed by atoms with E-state index in [0.717, 1.165) is 33.0 Å². The van der Waals surface area contributed by atoms with Gasteiger partial charge in [-0.1, -0.05) is 60.7 Å². The summed E-state index contributed by atoms with van der Waals surface area (Å²) in [5.74, 6) is 0.386. The van der Waals surface area contributed by atoms with Crippen LogP contribution >= 0.6 is 0 Å². The number of para-hydroxylation sites is 1. The van der Waals surface area contributed by atoms with Crippen LogP contribution in [-0.2, 0) is 22.6 Å². The van der Waals surface area contributed by atoms with Gasteiger partial charge in [0.1, 0.15) is 29.7 Å². The molecular weight excluding hydrogens is 588 g/mol. The summed E-state index contributed by atoms with van der Waals surface area (Å²) in [6, 6.07) is 36.7. The van der Waals surface area contributed by atoms with Crippen LogP contribution in [0.4, 0.5) is 0 Å². The second-order valence-corrected chi connectivity index (χ2v) is 11.0. The highest BCUT2D eigenvalue weighted by Gasteiger charge is 2.35. The average molecular weight is 621 g/mol. The van der Waals surface area contributed by atoms with Crippen molar-refractivity contribution in [1.82, 2.24) is 14.7 Å². The number of ether oxygens (including phenoxy) is 2. The number of carbonyl (C=O) groups is 2. The fourth-order valence-corrected chi connectivity index (χ4v) is 5.40. The van der Waals surface area contributed by atoms with Crippen LogP contribution in [0.25, 0.3) is 23.0 Å². The summed E-state index contributed by atoms with van der Waals surface area (Å²) in [4.78, 5) is 28.4. The number of hydrogen-bond acceptors (Lipinski definition) is 6. The number of nitriles is 1. The Morgan fingerprint density at radius 3 is 2.13 bits per heavy atom. The molecule has 232 valence electrons. The lowest BCUT2D eigenvalue weighted by Crippen LogP contribution is -2.43. The van der Waals surface area contributed by atoms with E-state index >= 15 is 0 Å². The van der Waals surface area contributed by atoms with Gasteiger partial charge in [0.25, 0.3) is 11.8 Å². The van der Waals surface area contributed by atoms with Gasteiger partial charge >= 0.3 is 0 Å². The number of aromatic nitrogens is 2. The van der Waals surface area contributed by atoms with Crippen molar-refractivity contribution in [2.24, 2.45) is 0 Å². The van der Waals surface area contributed by atoms with Gasteiger partial charge in [0.2, 0.25) is 0 Å². The summed E-state index contributed by atoms with van der Waals surface area (Å²) in [7, 11) is 1.59. The molecular formula is C39H32N4O4. The number of rotatable bonds is 10. The SMILES string of the molecule is COc1ccc(CCN2C(=O)C(C#N)=C(C)/C(=C\c3cn(-c4ccccc4)nc3-c3ccc(OCc4ccccc4)cc3)C2=O)cc1. The average Bonchev–Trinajstić information content (AvgIpc) is 3.54. The third kappa shape index (κ3) is 6.75. The fourth-order valence-electron chi connectivity index (χ4n) is 5.40. The van der Waals surface area contributed by atoms with E-state index in [0.29, 0.717) is 35.6 Å². The highest BCUT2D eigenvalue weighted by molar-refractivity contribution is 6.19. The molecule has 0 fully saturated rings. The Kier molecular flexibility index (Phi) is 9.07. The lowest BCUT2D eigenvalue weighted by Gasteiger charge is -2.27. The third-order valence-electron chi connectivity index (χ3n) is 8.05. The Balaban J connectivity index is 1.34. The summed E-state index contributed by atoms with van der Waals surface area (Å²) < 4.78 is 13.0. The van der Waals surface area contributed by atoms with Crippen molar-refractivity contribution < 1.29 is 19.1 Å². The van der Waals surface area contributed by atoms with Crippen molar-refractivity contribution in [2.75, 3.05) is 13.7 Å². The first-order valence-corrected chi connectivity index (χ1v) is 15.2. The first-order valence-electron chi connectivity index (χ1n) is 15.2. The molecule has 2 heterocycles. The molecule has 0 unspecified atom stereocenters. The van der Waals surface area contributed by atoms with Crippen molar-refractivity contribution >= 4 is 17.9 Å². The van der Waals surface area contributed by atoms with E-state index in [1.807, 2.05) is 121 Å². The number of amides is 2. The number of benzene rings is 4. The monoisotopic (exact) mass is 620 g/mol. The predicted molar refractivity (Wildman–Crippen MR) is 179 cm³/mol. The predicted octanol–water partition coefficient (Wildman–Crippen LogP) is 6.96. The van der Waals surface area contributed by atoms with Crippen molar-refractivity contribution in [3.63, 3.8) is 0 Å². The van der Waals surface area contributed by atoms with Crippen LogP contribution in [0.3, 0.4) is 0 Å². The van der Waals surface area contributed by atoms with Gasteiger partial charge in [-0.3, -0.25) is 14.5 Å². The van der Waals surface area contributed by atoms with Gasteiger partial charge in [0, 0.05) is 29.4 Å². The van der Waals surface area contributed by atoms with E-state index in [2.05, 4.69) is 0 Å².